The molecule has 0 N–H and O–H groups in total. The third-order valence-corrected chi connectivity index (χ3v) is 3.07. The van der Waals surface area contributed by atoms with Gasteiger partial charge in [0.25, 0.3) is 0 Å². The van der Waals surface area contributed by atoms with Crippen molar-refractivity contribution in [1.29, 1.82) is 0 Å². The van der Waals surface area contributed by atoms with Gasteiger partial charge in [-0.15, -0.1) is 11.3 Å². The van der Waals surface area contributed by atoms with Crippen LogP contribution in [0.3, 0.4) is 0 Å². The summed E-state index contributed by atoms with van der Waals surface area (Å²) >= 11 is 1.39. The molecule has 2 aromatic rings. The molecule has 0 bridgehead atoms. The van der Waals surface area contributed by atoms with E-state index in [2.05, 4.69) is 14.5 Å². The Morgan fingerprint density at radius 1 is 1.12 bits per heavy atom. The van der Waals surface area contributed by atoms with Crippen LogP contribution in [-0.2, 0) is 9.47 Å². The molecule has 0 atom stereocenters. The lowest BCUT2D eigenvalue weighted by atomic mass is 10.1. The Hall–Kier alpha value is -1.95. The lowest BCUT2D eigenvalue weighted by Gasteiger charge is -2.05. The maximum absolute atomic E-state index is 11.6. The quantitative estimate of drug-likeness (QED) is 0.762. The standard InChI is InChI=1S/C11H9NO4S/c1-15-10(13)6-3-8-9(17-5-12-8)4-7(6)11(14)16-2/h3-5H,1-2H3. The Bertz CT molecular complexity index is 540. The number of fused-ring (bicyclic) bond motifs is 1. The number of nitrogens with zero attached hydrogens (tertiary/aromatic N) is 1. The topological polar surface area (TPSA) is 65.5 Å². The molecule has 0 saturated carbocycles. The molecule has 0 aliphatic rings. The molecule has 5 nitrogen and oxygen atoms in total. The van der Waals surface area contributed by atoms with Crippen LogP contribution in [0, 0.1) is 0 Å². The van der Waals surface area contributed by atoms with Gasteiger partial charge in [-0.1, -0.05) is 0 Å². The average Bonchev–Trinajstić information content (AvgIpc) is 2.82. The molecule has 0 spiro atoms. The van der Waals surface area contributed by atoms with Crippen molar-refractivity contribution in [3.63, 3.8) is 0 Å². The van der Waals surface area contributed by atoms with Crippen molar-refractivity contribution >= 4 is 33.5 Å². The Morgan fingerprint density at radius 3 is 2.29 bits per heavy atom. The van der Waals surface area contributed by atoms with Crippen LogP contribution in [0.5, 0.6) is 0 Å². The van der Waals surface area contributed by atoms with Gasteiger partial charge in [0.15, 0.2) is 0 Å². The number of aromatic nitrogens is 1. The summed E-state index contributed by atoms with van der Waals surface area (Å²) in [7, 11) is 2.52. The first-order chi connectivity index (χ1) is 8.17. The summed E-state index contributed by atoms with van der Waals surface area (Å²) in [6, 6.07) is 3.12. The van der Waals surface area contributed by atoms with Crippen molar-refractivity contribution in [3.05, 3.63) is 28.8 Å². The highest BCUT2D eigenvalue weighted by atomic mass is 32.1. The fourth-order valence-electron chi connectivity index (χ4n) is 1.46. The summed E-state index contributed by atoms with van der Waals surface area (Å²) in [4.78, 5) is 27.2. The molecule has 88 valence electrons. The van der Waals surface area contributed by atoms with Gasteiger partial charge in [0.05, 0.1) is 41.1 Å². The van der Waals surface area contributed by atoms with Crippen molar-refractivity contribution in [2.24, 2.45) is 0 Å². The number of rotatable bonds is 2. The minimum absolute atomic E-state index is 0.165. The summed E-state index contributed by atoms with van der Waals surface area (Å²) in [5, 5.41) is 0. The van der Waals surface area contributed by atoms with Crippen molar-refractivity contribution in [1.82, 2.24) is 4.98 Å². The van der Waals surface area contributed by atoms with E-state index in [9.17, 15) is 9.59 Å². The number of carbonyl (C=O) groups is 2. The Morgan fingerprint density at radius 2 is 1.71 bits per heavy atom. The highest BCUT2D eigenvalue weighted by Gasteiger charge is 2.20. The lowest BCUT2D eigenvalue weighted by Crippen LogP contribution is -2.11. The Kier molecular flexibility index (Phi) is 3.06. The van der Waals surface area contributed by atoms with E-state index in [1.165, 1.54) is 31.6 Å². The minimum Gasteiger partial charge on any atom is -0.465 e. The molecular weight excluding hydrogens is 242 g/mol. The van der Waals surface area contributed by atoms with E-state index in [1.807, 2.05) is 0 Å². The molecule has 0 saturated heterocycles. The van der Waals surface area contributed by atoms with Crippen LogP contribution in [0.2, 0.25) is 0 Å². The number of hydrogen-bond donors (Lipinski definition) is 0. The molecule has 0 aliphatic heterocycles. The first kappa shape index (κ1) is 11.5. The molecule has 0 aliphatic carbocycles. The first-order valence-electron chi connectivity index (χ1n) is 4.71. The average molecular weight is 251 g/mol. The largest absolute Gasteiger partial charge is 0.465 e. The number of ether oxygens (including phenoxy) is 2. The summed E-state index contributed by atoms with van der Waals surface area (Å²) in [6.07, 6.45) is 0. The first-order valence-corrected chi connectivity index (χ1v) is 5.59. The van der Waals surface area contributed by atoms with Crippen LogP contribution in [0.4, 0.5) is 0 Å². The van der Waals surface area contributed by atoms with E-state index in [-0.39, 0.29) is 11.1 Å². The van der Waals surface area contributed by atoms with Gasteiger partial charge < -0.3 is 9.47 Å². The predicted octanol–water partition coefficient (Wildman–Crippen LogP) is 1.87. The number of thiazole rings is 1. The second-order valence-electron chi connectivity index (χ2n) is 3.20. The summed E-state index contributed by atoms with van der Waals surface area (Å²) in [5.41, 5.74) is 2.66. The zero-order chi connectivity index (χ0) is 12.4. The van der Waals surface area contributed by atoms with Crippen molar-refractivity contribution < 1.29 is 19.1 Å². The van der Waals surface area contributed by atoms with Crippen LogP contribution in [0.1, 0.15) is 20.7 Å². The second kappa shape index (κ2) is 4.50. The van der Waals surface area contributed by atoms with Crippen molar-refractivity contribution in [2.75, 3.05) is 14.2 Å². The fraction of sp³-hybridized carbons (Fsp3) is 0.182. The molecular formula is C11H9NO4S. The number of benzene rings is 1. The Balaban J connectivity index is 2.67. The van der Waals surface area contributed by atoms with E-state index in [4.69, 9.17) is 0 Å². The molecule has 0 unspecified atom stereocenters. The smallest absolute Gasteiger partial charge is 0.338 e. The van der Waals surface area contributed by atoms with Gasteiger partial charge in [0.1, 0.15) is 0 Å². The van der Waals surface area contributed by atoms with Crippen LogP contribution < -0.4 is 0 Å². The van der Waals surface area contributed by atoms with Gasteiger partial charge in [0, 0.05) is 0 Å². The van der Waals surface area contributed by atoms with Gasteiger partial charge in [-0.05, 0) is 12.1 Å². The van der Waals surface area contributed by atoms with Gasteiger partial charge in [-0.2, -0.15) is 0 Å². The zero-order valence-corrected chi connectivity index (χ0v) is 10.0. The molecule has 0 radical (unpaired) electrons. The van der Waals surface area contributed by atoms with Gasteiger partial charge in [-0.25, -0.2) is 14.6 Å². The summed E-state index contributed by atoms with van der Waals surface area (Å²) in [5.74, 6) is -1.15. The fourth-order valence-corrected chi connectivity index (χ4v) is 2.16. The summed E-state index contributed by atoms with van der Waals surface area (Å²) in [6.45, 7) is 0. The molecule has 1 aromatic heterocycles. The highest BCUT2D eigenvalue weighted by Crippen LogP contribution is 2.23. The molecule has 0 amide bonds. The molecule has 17 heavy (non-hydrogen) atoms. The SMILES string of the molecule is COC(=O)c1cc2ncsc2cc1C(=O)OC. The van der Waals surface area contributed by atoms with E-state index in [1.54, 1.807) is 11.6 Å². The molecule has 1 heterocycles. The van der Waals surface area contributed by atoms with Crippen LogP contribution >= 0.6 is 11.3 Å². The predicted molar refractivity (Wildman–Crippen MR) is 62.3 cm³/mol. The van der Waals surface area contributed by atoms with E-state index < -0.39 is 11.9 Å². The molecule has 0 fully saturated rings. The third-order valence-electron chi connectivity index (χ3n) is 2.28. The molecule has 2 rings (SSSR count). The number of methoxy groups -OCH3 is 2. The maximum atomic E-state index is 11.6. The number of esters is 2. The normalized spacial score (nSPS) is 10.2. The maximum Gasteiger partial charge on any atom is 0.338 e. The van der Waals surface area contributed by atoms with Crippen LogP contribution in [0.25, 0.3) is 10.2 Å². The zero-order valence-electron chi connectivity index (χ0n) is 9.22. The lowest BCUT2D eigenvalue weighted by molar-refractivity contribution is 0.0555. The molecule has 1 aromatic carbocycles. The van der Waals surface area contributed by atoms with Crippen LogP contribution in [-0.4, -0.2) is 31.1 Å². The van der Waals surface area contributed by atoms with E-state index in [0.29, 0.717) is 5.52 Å². The Labute approximate surface area is 101 Å². The monoisotopic (exact) mass is 251 g/mol. The van der Waals surface area contributed by atoms with Gasteiger partial charge in [0.2, 0.25) is 0 Å². The van der Waals surface area contributed by atoms with Gasteiger partial charge in [-0.3, -0.25) is 0 Å². The minimum atomic E-state index is -0.583. The number of carbonyl (C=O) groups excluding carboxylic acids is 2. The number of hydrogen-bond acceptors (Lipinski definition) is 6. The highest BCUT2D eigenvalue weighted by molar-refractivity contribution is 7.16. The van der Waals surface area contributed by atoms with Crippen LogP contribution in [0.15, 0.2) is 17.6 Å². The van der Waals surface area contributed by atoms with Crippen molar-refractivity contribution in [2.45, 2.75) is 0 Å². The second-order valence-corrected chi connectivity index (χ2v) is 4.09. The summed E-state index contributed by atoms with van der Waals surface area (Å²) < 4.78 is 10.1. The van der Waals surface area contributed by atoms with E-state index in [0.717, 1.165) is 4.70 Å². The van der Waals surface area contributed by atoms with Crippen molar-refractivity contribution in [3.8, 4) is 0 Å². The molecule has 6 heteroatoms. The van der Waals surface area contributed by atoms with E-state index >= 15 is 0 Å². The third kappa shape index (κ3) is 1.99. The van der Waals surface area contributed by atoms with Gasteiger partial charge >= 0.3 is 11.9 Å².